The van der Waals surface area contributed by atoms with Gasteiger partial charge in [-0.25, -0.2) is 9.78 Å². The Morgan fingerprint density at radius 3 is 2.47 bits per heavy atom. The molecule has 0 fully saturated rings. The first-order chi connectivity index (χ1) is 15.5. The molecular formula is C25H21N3O4. The second-order valence-electron chi connectivity index (χ2n) is 7.08. The lowest BCUT2D eigenvalue weighted by Gasteiger charge is -2.07. The predicted octanol–water partition coefficient (Wildman–Crippen LogP) is 3.95. The van der Waals surface area contributed by atoms with Crippen molar-refractivity contribution in [3.8, 4) is 5.75 Å². The van der Waals surface area contributed by atoms with E-state index in [9.17, 15) is 9.59 Å². The number of aromatic nitrogens is 2. The molecule has 0 unspecified atom stereocenters. The lowest BCUT2D eigenvalue weighted by molar-refractivity contribution is 0.0600. The van der Waals surface area contributed by atoms with Crippen LogP contribution in [0.3, 0.4) is 0 Å². The molecule has 160 valence electrons. The summed E-state index contributed by atoms with van der Waals surface area (Å²) in [6, 6.07) is 21.6. The van der Waals surface area contributed by atoms with Gasteiger partial charge in [0.05, 0.1) is 29.8 Å². The van der Waals surface area contributed by atoms with Gasteiger partial charge in [-0.2, -0.15) is 9.78 Å². The van der Waals surface area contributed by atoms with Crippen LogP contribution in [0.15, 0.2) is 82.7 Å². The quantitative estimate of drug-likeness (QED) is 0.344. The van der Waals surface area contributed by atoms with Crippen molar-refractivity contribution < 1.29 is 14.3 Å². The molecule has 7 nitrogen and oxygen atoms in total. The van der Waals surface area contributed by atoms with Crippen molar-refractivity contribution in [2.24, 2.45) is 5.10 Å². The molecule has 0 aliphatic rings. The standard InChI is InChI=1S/C25H21N3O4/c1-17-27-23-6-4-3-5-22(23)24(29)28(17)26-15-18-9-13-21(14-10-18)32-16-19-7-11-20(12-8-19)25(30)31-2/h3-15H,16H2,1-2H3/b26-15-. The summed E-state index contributed by atoms with van der Waals surface area (Å²) in [4.78, 5) is 28.6. The fourth-order valence-electron chi connectivity index (χ4n) is 3.17. The molecule has 0 saturated heterocycles. The van der Waals surface area contributed by atoms with Crippen LogP contribution in [0.5, 0.6) is 5.75 Å². The van der Waals surface area contributed by atoms with Gasteiger partial charge in [-0.3, -0.25) is 4.79 Å². The van der Waals surface area contributed by atoms with Gasteiger partial charge in [-0.05, 0) is 66.6 Å². The third-order valence-electron chi connectivity index (χ3n) is 4.90. The van der Waals surface area contributed by atoms with Crippen LogP contribution in [0.2, 0.25) is 0 Å². The van der Waals surface area contributed by atoms with E-state index < -0.39 is 0 Å². The summed E-state index contributed by atoms with van der Waals surface area (Å²) >= 11 is 0. The molecular weight excluding hydrogens is 406 g/mol. The van der Waals surface area contributed by atoms with Gasteiger partial charge in [0.25, 0.3) is 5.56 Å². The first kappa shape index (κ1) is 21.0. The Labute approximate surface area is 184 Å². The Hall–Kier alpha value is -4.26. The van der Waals surface area contributed by atoms with E-state index in [2.05, 4.69) is 10.1 Å². The zero-order valence-corrected chi connectivity index (χ0v) is 17.7. The predicted molar refractivity (Wildman–Crippen MR) is 122 cm³/mol. The second kappa shape index (κ2) is 9.26. The minimum absolute atomic E-state index is 0.206. The van der Waals surface area contributed by atoms with E-state index in [-0.39, 0.29) is 11.5 Å². The summed E-state index contributed by atoms with van der Waals surface area (Å²) in [6.45, 7) is 2.12. The Kier molecular flexibility index (Phi) is 6.07. The number of para-hydroxylation sites is 1. The molecule has 3 aromatic carbocycles. The number of fused-ring (bicyclic) bond motifs is 1. The number of benzene rings is 3. The van der Waals surface area contributed by atoms with Gasteiger partial charge in [0.15, 0.2) is 0 Å². The normalized spacial score (nSPS) is 11.1. The van der Waals surface area contributed by atoms with E-state index in [4.69, 9.17) is 9.47 Å². The molecule has 0 amide bonds. The number of esters is 1. The van der Waals surface area contributed by atoms with Crippen molar-refractivity contribution in [3.05, 3.63) is 106 Å². The van der Waals surface area contributed by atoms with Gasteiger partial charge in [-0.15, -0.1) is 0 Å². The van der Waals surface area contributed by atoms with Crippen LogP contribution in [-0.4, -0.2) is 29.0 Å². The Bertz CT molecular complexity index is 1340. The monoisotopic (exact) mass is 427 g/mol. The highest BCUT2D eigenvalue weighted by Crippen LogP contribution is 2.15. The number of hydrogen-bond donors (Lipinski definition) is 0. The zero-order valence-electron chi connectivity index (χ0n) is 17.7. The lowest BCUT2D eigenvalue weighted by atomic mass is 10.1. The average Bonchev–Trinajstić information content (AvgIpc) is 2.83. The van der Waals surface area contributed by atoms with E-state index in [1.807, 2.05) is 48.5 Å². The summed E-state index contributed by atoms with van der Waals surface area (Å²) in [5.41, 5.74) is 2.70. The molecule has 0 aliphatic heterocycles. The Balaban J connectivity index is 1.43. The molecule has 32 heavy (non-hydrogen) atoms. The lowest BCUT2D eigenvalue weighted by Crippen LogP contribution is -2.20. The maximum Gasteiger partial charge on any atom is 0.337 e. The summed E-state index contributed by atoms with van der Waals surface area (Å²) in [7, 11) is 1.35. The van der Waals surface area contributed by atoms with Gasteiger partial charge in [0.2, 0.25) is 0 Å². The summed E-state index contributed by atoms with van der Waals surface area (Å²) in [6.07, 6.45) is 1.61. The first-order valence-electron chi connectivity index (χ1n) is 9.98. The van der Waals surface area contributed by atoms with Gasteiger partial charge in [0, 0.05) is 0 Å². The molecule has 0 bridgehead atoms. The molecule has 0 atom stereocenters. The van der Waals surface area contributed by atoms with Crippen LogP contribution in [-0.2, 0) is 11.3 Å². The van der Waals surface area contributed by atoms with E-state index >= 15 is 0 Å². The highest BCUT2D eigenvalue weighted by molar-refractivity contribution is 5.89. The smallest absolute Gasteiger partial charge is 0.337 e. The van der Waals surface area contributed by atoms with Gasteiger partial charge in [-0.1, -0.05) is 24.3 Å². The van der Waals surface area contributed by atoms with Crippen LogP contribution in [0.1, 0.15) is 27.3 Å². The molecule has 1 heterocycles. The highest BCUT2D eigenvalue weighted by Gasteiger charge is 2.07. The number of methoxy groups -OCH3 is 1. The van der Waals surface area contributed by atoms with Crippen molar-refractivity contribution >= 4 is 23.1 Å². The minimum atomic E-state index is -0.369. The summed E-state index contributed by atoms with van der Waals surface area (Å²) in [5.74, 6) is 0.842. The zero-order chi connectivity index (χ0) is 22.5. The van der Waals surface area contributed by atoms with Crippen molar-refractivity contribution in [2.75, 3.05) is 7.11 Å². The number of ether oxygens (including phenoxy) is 2. The van der Waals surface area contributed by atoms with Crippen LogP contribution in [0.25, 0.3) is 10.9 Å². The molecule has 0 N–H and O–H groups in total. The van der Waals surface area contributed by atoms with Crippen LogP contribution in [0.4, 0.5) is 0 Å². The number of aryl methyl sites for hydroxylation is 1. The van der Waals surface area contributed by atoms with Gasteiger partial charge < -0.3 is 9.47 Å². The number of nitrogens with zero attached hydrogens (tertiary/aromatic N) is 3. The number of carbonyl (C=O) groups excluding carboxylic acids is 1. The van der Waals surface area contributed by atoms with Crippen LogP contribution < -0.4 is 10.3 Å². The fraction of sp³-hybridized carbons (Fsp3) is 0.120. The van der Waals surface area contributed by atoms with Crippen molar-refractivity contribution in [1.29, 1.82) is 0 Å². The Morgan fingerprint density at radius 2 is 1.75 bits per heavy atom. The molecule has 0 saturated carbocycles. The SMILES string of the molecule is COC(=O)c1ccc(COc2ccc(/C=N\n3c(C)nc4ccccc4c3=O)cc2)cc1. The Morgan fingerprint density at radius 1 is 1.03 bits per heavy atom. The minimum Gasteiger partial charge on any atom is -0.489 e. The molecule has 0 aliphatic carbocycles. The van der Waals surface area contributed by atoms with Crippen LogP contribution >= 0.6 is 0 Å². The van der Waals surface area contributed by atoms with E-state index in [0.717, 1.165) is 11.1 Å². The molecule has 0 spiro atoms. The summed E-state index contributed by atoms with van der Waals surface area (Å²) in [5, 5.41) is 4.84. The molecule has 4 rings (SSSR count). The third kappa shape index (κ3) is 4.57. The molecule has 1 aromatic heterocycles. The van der Waals surface area contributed by atoms with Crippen molar-refractivity contribution in [2.45, 2.75) is 13.5 Å². The fourth-order valence-corrected chi connectivity index (χ4v) is 3.17. The van der Waals surface area contributed by atoms with Crippen LogP contribution in [0, 0.1) is 6.92 Å². The average molecular weight is 427 g/mol. The summed E-state index contributed by atoms with van der Waals surface area (Å²) < 4.78 is 11.8. The molecule has 0 radical (unpaired) electrons. The maximum atomic E-state index is 12.7. The first-order valence-corrected chi connectivity index (χ1v) is 9.98. The number of hydrogen-bond acceptors (Lipinski definition) is 6. The second-order valence-corrected chi connectivity index (χ2v) is 7.08. The number of rotatable bonds is 6. The maximum absolute atomic E-state index is 12.7. The van der Waals surface area contributed by atoms with Crippen molar-refractivity contribution in [3.63, 3.8) is 0 Å². The van der Waals surface area contributed by atoms with Crippen molar-refractivity contribution in [1.82, 2.24) is 9.66 Å². The van der Waals surface area contributed by atoms with E-state index in [1.54, 1.807) is 37.4 Å². The topological polar surface area (TPSA) is 82.8 Å². The van der Waals surface area contributed by atoms with E-state index in [0.29, 0.717) is 34.6 Å². The van der Waals surface area contributed by atoms with Gasteiger partial charge >= 0.3 is 5.97 Å². The molecule has 4 aromatic rings. The van der Waals surface area contributed by atoms with E-state index in [1.165, 1.54) is 11.8 Å². The van der Waals surface area contributed by atoms with Gasteiger partial charge in [0.1, 0.15) is 18.2 Å². The largest absolute Gasteiger partial charge is 0.489 e. The number of carbonyl (C=O) groups is 1. The molecule has 7 heteroatoms. The third-order valence-corrected chi connectivity index (χ3v) is 4.90. The highest BCUT2D eigenvalue weighted by atomic mass is 16.5.